The van der Waals surface area contributed by atoms with E-state index in [0.29, 0.717) is 5.92 Å². The van der Waals surface area contributed by atoms with Crippen molar-refractivity contribution in [3.8, 4) is 0 Å². The van der Waals surface area contributed by atoms with Gasteiger partial charge < -0.3 is 6.15 Å². The van der Waals surface area contributed by atoms with Gasteiger partial charge in [-0.1, -0.05) is 38.1 Å². The lowest BCUT2D eigenvalue weighted by molar-refractivity contribution is 0.897. The number of fused-ring (bicyclic) bond motifs is 1. The third-order valence-electron chi connectivity index (χ3n) is 2.06. The van der Waals surface area contributed by atoms with Crippen LogP contribution < -0.4 is 6.15 Å². The molecule has 0 fully saturated rings. The van der Waals surface area contributed by atoms with Gasteiger partial charge >= 0.3 is 0 Å². The number of hydrogen-bond acceptors (Lipinski definition) is 2. The molecular weight excluding hydrogens is 178 g/mol. The number of thiophene rings is 1. The molecule has 0 saturated carbocycles. The SMILES string of the molecule is CC(C)c1scc2ccccc12.N. The van der Waals surface area contributed by atoms with E-state index in [2.05, 4.69) is 43.5 Å². The third kappa shape index (κ3) is 1.74. The third-order valence-corrected chi connectivity index (χ3v) is 3.38. The quantitative estimate of drug-likeness (QED) is 0.724. The van der Waals surface area contributed by atoms with Gasteiger partial charge in [0.1, 0.15) is 0 Å². The molecule has 13 heavy (non-hydrogen) atoms. The van der Waals surface area contributed by atoms with Gasteiger partial charge in [-0.05, 0) is 22.1 Å². The summed E-state index contributed by atoms with van der Waals surface area (Å²) in [6.45, 7) is 4.50. The first-order valence-corrected chi connectivity index (χ1v) is 5.13. The van der Waals surface area contributed by atoms with Gasteiger partial charge in [0, 0.05) is 4.88 Å². The van der Waals surface area contributed by atoms with Crippen molar-refractivity contribution >= 4 is 22.1 Å². The second kappa shape index (κ2) is 3.90. The summed E-state index contributed by atoms with van der Waals surface area (Å²) in [7, 11) is 0. The first kappa shape index (κ1) is 10.2. The van der Waals surface area contributed by atoms with E-state index in [1.165, 1.54) is 15.6 Å². The Balaban J connectivity index is 0.000000845. The van der Waals surface area contributed by atoms with Crippen molar-refractivity contribution < 1.29 is 0 Å². The Bertz CT molecular complexity index is 390. The lowest BCUT2D eigenvalue weighted by atomic mass is 10.1. The Labute approximate surface area is 83.0 Å². The zero-order chi connectivity index (χ0) is 8.55. The molecule has 0 amide bonds. The van der Waals surface area contributed by atoms with Crippen molar-refractivity contribution in [2.24, 2.45) is 0 Å². The van der Waals surface area contributed by atoms with E-state index in [0.717, 1.165) is 0 Å². The van der Waals surface area contributed by atoms with Crippen LogP contribution in [0.2, 0.25) is 0 Å². The Kier molecular flexibility index (Phi) is 3.07. The summed E-state index contributed by atoms with van der Waals surface area (Å²) in [6.07, 6.45) is 0. The molecule has 0 saturated heterocycles. The molecule has 2 aromatic rings. The van der Waals surface area contributed by atoms with Crippen LogP contribution in [-0.2, 0) is 0 Å². The second-order valence-electron chi connectivity index (χ2n) is 3.34. The maximum Gasteiger partial charge on any atom is 0.0149 e. The van der Waals surface area contributed by atoms with Crippen molar-refractivity contribution in [3.05, 3.63) is 34.5 Å². The van der Waals surface area contributed by atoms with Crippen molar-refractivity contribution in [3.63, 3.8) is 0 Å². The van der Waals surface area contributed by atoms with Crippen LogP contribution in [-0.4, -0.2) is 0 Å². The topological polar surface area (TPSA) is 35.0 Å². The molecule has 0 aliphatic heterocycles. The van der Waals surface area contributed by atoms with Crippen LogP contribution in [0.3, 0.4) is 0 Å². The highest BCUT2D eigenvalue weighted by Crippen LogP contribution is 2.31. The lowest BCUT2D eigenvalue weighted by Gasteiger charge is -2.00. The smallest absolute Gasteiger partial charge is 0.0149 e. The molecule has 1 heterocycles. The van der Waals surface area contributed by atoms with Crippen LogP contribution in [0.4, 0.5) is 0 Å². The number of hydrogen-bond donors (Lipinski definition) is 1. The number of benzene rings is 1. The molecule has 1 nitrogen and oxygen atoms in total. The van der Waals surface area contributed by atoms with Gasteiger partial charge in [0.2, 0.25) is 0 Å². The summed E-state index contributed by atoms with van der Waals surface area (Å²) in [5.41, 5.74) is 0. The highest BCUT2D eigenvalue weighted by Gasteiger charge is 2.05. The second-order valence-corrected chi connectivity index (χ2v) is 4.25. The van der Waals surface area contributed by atoms with Gasteiger partial charge in [0.05, 0.1) is 0 Å². The fourth-order valence-corrected chi connectivity index (χ4v) is 2.51. The van der Waals surface area contributed by atoms with Gasteiger partial charge in [-0.25, -0.2) is 0 Å². The largest absolute Gasteiger partial charge is 0.344 e. The summed E-state index contributed by atoms with van der Waals surface area (Å²) in [6, 6.07) is 8.60. The zero-order valence-corrected chi connectivity index (χ0v) is 8.90. The predicted octanol–water partition coefficient (Wildman–Crippen LogP) is 4.19. The predicted molar refractivity (Wildman–Crippen MR) is 60.9 cm³/mol. The molecule has 2 heteroatoms. The fourth-order valence-electron chi connectivity index (χ4n) is 1.46. The summed E-state index contributed by atoms with van der Waals surface area (Å²) in [5, 5.41) is 5.05. The van der Waals surface area contributed by atoms with Crippen molar-refractivity contribution in [1.82, 2.24) is 6.15 Å². The molecule has 0 aliphatic rings. The van der Waals surface area contributed by atoms with E-state index in [1.807, 2.05) is 11.3 Å². The standard InChI is InChI=1S/C11H12S.H3N/c1-8(2)11-10-6-4-3-5-9(10)7-12-11;/h3-8H,1-2H3;1H3. The fraction of sp³-hybridized carbons (Fsp3) is 0.273. The van der Waals surface area contributed by atoms with E-state index < -0.39 is 0 Å². The average Bonchev–Trinajstić information content (AvgIpc) is 2.47. The summed E-state index contributed by atoms with van der Waals surface area (Å²) in [4.78, 5) is 1.51. The van der Waals surface area contributed by atoms with Crippen LogP contribution in [0.1, 0.15) is 24.6 Å². The Morgan fingerprint density at radius 2 is 1.85 bits per heavy atom. The summed E-state index contributed by atoms with van der Waals surface area (Å²) < 4.78 is 0. The molecule has 1 aromatic carbocycles. The van der Waals surface area contributed by atoms with Crippen LogP contribution in [0, 0.1) is 0 Å². The highest BCUT2D eigenvalue weighted by atomic mass is 32.1. The van der Waals surface area contributed by atoms with E-state index >= 15 is 0 Å². The first-order chi connectivity index (χ1) is 5.79. The van der Waals surface area contributed by atoms with E-state index in [4.69, 9.17) is 0 Å². The lowest BCUT2D eigenvalue weighted by Crippen LogP contribution is -1.80. The maximum absolute atomic E-state index is 2.25. The van der Waals surface area contributed by atoms with Crippen molar-refractivity contribution in [2.75, 3.05) is 0 Å². The Hall–Kier alpha value is -0.860. The van der Waals surface area contributed by atoms with E-state index in [-0.39, 0.29) is 6.15 Å². The maximum atomic E-state index is 2.25. The normalized spacial score (nSPS) is 10.4. The molecule has 0 spiro atoms. The molecule has 0 aliphatic carbocycles. The monoisotopic (exact) mass is 193 g/mol. The molecule has 1 aromatic heterocycles. The van der Waals surface area contributed by atoms with E-state index in [1.54, 1.807) is 0 Å². The Morgan fingerprint density at radius 3 is 2.54 bits per heavy atom. The van der Waals surface area contributed by atoms with E-state index in [9.17, 15) is 0 Å². The summed E-state index contributed by atoms with van der Waals surface area (Å²) >= 11 is 1.87. The van der Waals surface area contributed by atoms with Gasteiger partial charge in [0.25, 0.3) is 0 Å². The molecule has 0 radical (unpaired) electrons. The first-order valence-electron chi connectivity index (χ1n) is 4.25. The number of rotatable bonds is 1. The van der Waals surface area contributed by atoms with Crippen molar-refractivity contribution in [2.45, 2.75) is 19.8 Å². The molecule has 0 atom stereocenters. The minimum Gasteiger partial charge on any atom is -0.344 e. The van der Waals surface area contributed by atoms with Crippen LogP contribution in [0.15, 0.2) is 29.6 Å². The summed E-state index contributed by atoms with van der Waals surface area (Å²) in [5.74, 6) is 0.648. The van der Waals surface area contributed by atoms with Crippen LogP contribution >= 0.6 is 11.3 Å². The van der Waals surface area contributed by atoms with Gasteiger partial charge in [-0.2, -0.15) is 0 Å². The average molecular weight is 193 g/mol. The molecular formula is C11H15NS. The van der Waals surface area contributed by atoms with Crippen LogP contribution in [0.25, 0.3) is 10.8 Å². The molecule has 2 rings (SSSR count). The van der Waals surface area contributed by atoms with Gasteiger partial charge in [-0.15, -0.1) is 11.3 Å². The highest BCUT2D eigenvalue weighted by molar-refractivity contribution is 7.11. The zero-order valence-electron chi connectivity index (χ0n) is 8.08. The molecule has 70 valence electrons. The van der Waals surface area contributed by atoms with Gasteiger partial charge in [0.15, 0.2) is 0 Å². The van der Waals surface area contributed by atoms with Gasteiger partial charge in [-0.3, -0.25) is 0 Å². The molecule has 3 N–H and O–H groups in total. The minimum atomic E-state index is 0. The van der Waals surface area contributed by atoms with Crippen LogP contribution in [0.5, 0.6) is 0 Å². The van der Waals surface area contributed by atoms with Crippen molar-refractivity contribution in [1.29, 1.82) is 0 Å². The molecule has 0 bridgehead atoms. The minimum absolute atomic E-state index is 0. The Morgan fingerprint density at radius 1 is 1.15 bits per heavy atom. The molecule has 0 unspecified atom stereocenters.